The van der Waals surface area contributed by atoms with Gasteiger partial charge in [0.15, 0.2) is 0 Å². The second-order valence-electron chi connectivity index (χ2n) is 5.38. The third-order valence-corrected chi connectivity index (χ3v) is 3.50. The zero-order valence-corrected chi connectivity index (χ0v) is 14.6. The first kappa shape index (κ1) is 21.1. The van der Waals surface area contributed by atoms with E-state index in [9.17, 15) is 4.39 Å². The molecule has 140 valence electrons. The maximum absolute atomic E-state index is 13.6. The summed E-state index contributed by atoms with van der Waals surface area (Å²) in [5.74, 6) is -3.28. The zero-order valence-electron chi connectivity index (χ0n) is 14.6. The lowest BCUT2D eigenvalue weighted by molar-refractivity contribution is -0.159. The van der Waals surface area contributed by atoms with E-state index in [0.29, 0.717) is 11.3 Å². The van der Waals surface area contributed by atoms with E-state index >= 15 is 0 Å². The molecule has 2 rings (SSSR count). The van der Waals surface area contributed by atoms with Gasteiger partial charge in [0.25, 0.3) is 0 Å². The van der Waals surface area contributed by atoms with E-state index in [0.717, 1.165) is 18.5 Å². The van der Waals surface area contributed by atoms with E-state index in [1.165, 1.54) is 6.07 Å². The van der Waals surface area contributed by atoms with Crippen LogP contribution in [0.1, 0.15) is 23.7 Å². The Balaban J connectivity index is 0.000000487. The Labute approximate surface area is 151 Å². The van der Waals surface area contributed by atoms with Crippen LogP contribution < -0.4 is 10.1 Å². The van der Waals surface area contributed by atoms with Crippen LogP contribution in [0.4, 0.5) is 4.39 Å². The van der Waals surface area contributed by atoms with Gasteiger partial charge in [0.2, 0.25) is 0 Å². The van der Waals surface area contributed by atoms with Gasteiger partial charge in [-0.25, -0.2) is 14.0 Å². The highest BCUT2D eigenvalue weighted by atomic mass is 19.1. The van der Waals surface area contributed by atoms with Crippen molar-refractivity contribution in [1.82, 2.24) is 5.32 Å². The topological polar surface area (TPSA) is 95.9 Å². The summed E-state index contributed by atoms with van der Waals surface area (Å²) in [5, 5.41) is 17.9. The highest BCUT2D eigenvalue weighted by molar-refractivity contribution is 6.27. The number of nitrogens with one attached hydrogen (secondary N) is 1. The number of ether oxygens (including phenoxy) is 1. The number of carbonyl (C=O) groups is 2. The van der Waals surface area contributed by atoms with E-state index in [-0.39, 0.29) is 11.9 Å². The minimum absolute atomic E-state index is 0.0795. The Morgan fingerprint density at radius 1 is 1.08 bits per heavy atom. The molecule has 0 aliphatic carbocycles. The summed E-state index contributed by atoms with van der Waals surface area (Å²) in [6.07, 6.45) is 0.750. The van der Waals surface area contributed by atoms with Crippen molar-refractivity contribution in [3.8, 4) is 5.75 Å². The van der Waals surface area contributed by atoms with E-state index in [1.807, 2.05) is 43.4 Å². The van der Waals surface area contributed by atoms with E-state index < -0.39 is 11.9 Å². The zero-order chi connectivity index (χ0) is 19.5. The Hall–Kier alpha value is -2.93. The van der Waals surface area contributed by atoms with Crippen LogP contribution in [0, 0.1) is 12.7 Å². The molecule has 7 heteroatoms. The smallest absolute Gasteiger partial charge is 0.414 e. The third kappa shape index (κ3) is 6.90. The summed E-state index contributed by atoms with van der Waals surface area (Å²) >= 11 is 0. The van der Waals surface area contributed by atoms with Crippen molar-refractivity contribution in [3.05, 3.63) is 65.5 Å². The number of hydrogen-bond acceptors (Lipinski definition) is 4. The molecule has 0 saturated heterocycles. The van der Waals surface area contributed by atoms with Crippen LogP contribution in [0.25, 0.3) is 0 Å². The molecule has 0 aliphatic heterocycles. The first-order chi connectivity index (χ1) is 12.4. The first-order valence-electron chi connectivity index (χ1n) is 7.94. The summed E-state index contributed by atoms with van der Waals surface area (Å²) in [5.41, 5.74) is 1.66. The number of aliphatic carboxylic acids is 2. The average Bonchev–Trinajstić information content (AvgIpc) is 2.63. The fraction of sp³-hybridized carbons (Fsp3) is 0.263. The van der Waals surface area contributed by atoms with Crippen LogP contribution in [0.5, 0.6) is 5.75 Å². The maximum Gasteiger partial charge on any atom is 0.414 e. The molecule has 2 aromatic carbocycles. The Kier molecular flexibility index (Phi) is 8.80. The molecule has 0 amide bonds. The fourth-order valence-electron chi connectivity index (χ4n) is 2.11. The second-order valence-corrected chi connectivity index (χ2v) is 5.38. The maximum atomic E-state index is 13.6. The summed E-state index contributed by atoms with van der Waals surface area (Å²) in [6.45, 7) is 2.58. The van der Waals surface area contributed by atoms with Crippen LogP contribution in [0.3, 0.4) is 0 Å². The molecule has 0 saturated carbocycles. The molecule has 0 unspecified atom stereocenters. The molecule has 0 heterocycles. The normalized spacial score (nSPS) is 11.0. The highest BCUT2D eigenvalue weighted by Crippen LogP contribution is 2.28. The van der Waals surface area contributed by atoms with Gasteiger partial charge in [-0.15, -0.1) is 0 Å². The van der Waals surface area contributed by atoms with Gasteiger partial charge in [-0.2, -0.15) is 0 Å². The molecular weight excluding hydrogens is 341 g/mol. The number of carboxylic acid groups (broad SMARTS) is 2. The van der Waals surface area contributed by atoms with Crippen molar-refractivity contribution in [1.29, 1.82) is 0 Å². The average molecular weight is 363 g/mol. The van der Waals surface area contributed by atoms with Gasteiger partial charge < -0.3 is 20.3 Å². The number of carboxylic acids is 2. The van der Waals surface area contributed by atoms with E-state index in [4.69, 9.17) is 24.5 Å². The van der Waals surface area contributed by atoms with Crippen molar-refractivity contribution >= 4 is 11.9 Å². The van der Waals surface area contributed by atoms with Crippen LogP contribution in [-0.4, -0.2) is 35.7 Å². The quantitative estimate of drug-likeness (QED) is 0.683. The predicted molar refractivity (Wildman–Crippen MR) is 94.8 cm³/mol. The molecule has 0 spiro atoms. The largest absolute Gasteiger partial charge is 0.485 e. The molecule has 26 heavy (non-hydrogen) atoms. The molecule has 0 fully saturated rings. The predicted octanol–water partition coefficient (Wildman–Crippen LogP) is 3.02. The van der Waals surface area contributed by atoms with Crippen LogP contribution in [0.2, 0.25) is 0 Å². The Bertz CT molecular complexity index is 709. The lowest BCUT2D eigenvalue weighted by atomic mass is 10.1. The van der Waals surface area contributed by atoms with Gasteiger partial charge in [0.1, 0.15) is 17.7 Å². The van der Waals surface area contributed by atoms with Crippen molar-refractivity contribution < 1.29 is 28.9 Å². The first-order valence-corrected chi connectivity index (χ1v) is 7.94. The number of benzene rings is 2. The standard InChI is InChI=1S/C17H20FNO.C2H2O4/c1-13-15(18)9-6-10-16(13)20-17(11-12-19-2)14-7-4-3-5-8-14;3-1(4)2(5)6/h3-10,17,19H,11-12H2,1-2H3;(H,3,4)(H,5,6)/t17-;/m1./s1. The number of rotatable bonds is 6. The summed E-state index contributed by atoms with van der Waals surface area (Å²) in [7, 11) is 1.91. The number of halogens is 1. The van der Waals surface area contributed by atoms with E-state index in [1.54, 1.807) is 13.0 Å². The van der Waals surface area contributed by atoms with Crippen LogP contribution >= 0.6 is 0 Å². The van der Waals surface area contributed by atoms with Gasteiger partial charge >= 0.3 is 11.9 Å². The lowest BCUT2D eigenvalue weighted by Gasteiger charge is -2.21. The minimum atomic E-state index is -1.82. The minimum Gasteiger partial charge on any atom is -0.485 e. The molecule has 1 atom stereocenters. The highest BCUT2D eigenvalue weighted by Gasteiger charge is 2.15. The van der Waals surface area contributed by atoms with Crippen molar-refractivity contribution in [2.75, 3.05) is 13.6 Å². The molecule has 3 N–H and O–H groups in total. The summed E-state index contributed by atoms with van der Waals surface area (Å²) < 4.78 is 19.6. The monoisotopic (exact) mass is 363 g/mol. The van der Waals surface area contributed by atoms with Crippen molar-refractivity contribution in [3.63, 3.8) is 0 Å². The summed E-state index contributed by atoms with van der Waals surface area (Å²) in [4.78, 5) is 18.2. The SMILES string of the molecule is CNCC[C@@H](Oc1cccc(F)c1C)c1ccccc1.O=C(O)C(=O)O. The van der Waals surface area contributed by atoms with Gasteiger partial charge in [-0.1, -0.05) is 36.4 Å². The second kappa shape index (κ2) is 10.8. The lowest BCUT2D eigenvalue weighted by Crippen LogP contribution is -2.16. The van der Waals surface area contributed by atoms with Gasteiger partial charge in [-0.3, -0.25) is 0 Å². The van der Waals surface area contributed by atoms with Crippen LogP contribution in [-0.2, 0) is 9.59 Å². The van der Waals surface area contributed by atoms with Crippen molar-refractivity contribution in [2.24, 2.45) is 0 Å². The molecule has 0 aromatic heterocycles. The fourth-order valence-corrected chi connectivity index (χ4v) is 2.11. The van der Waals surface area contributed by atoms with Gasteiger partial charge in [0, 0.05) is 12.0 Å². The van der Waals surface area contributed by atoms with E-state index in [2.05, 4.69) is 5.32 Å². The molecule has 0 aliphatic rings. The Morgan fingerprint density at radius 2 is 1.69 bits per heavy atom. The third-order valence-electron chi connectivity index (χ3n) is 3.50. The van der Waals surface area contributed by atoms with Crippen molar-refractivity contribution in [2.45, 2.75) is 19.4 Å². The molecule has 2 aromatic rings. The van der Waals surface area contributed by atoms with Crippen LogP contribution in [0.15, 0.2) is 48.5 Å². The molecule has 0 radical (unpaired) electrons. The molecule has 0 bridgehead atoms. The Morgan fingerprint density at radius 3 is 2.23 bits per heavy atom. The van der Waals surface area contributed by atoms with Gasteiger partial charge in [-0.05, 0) is 38.2 Å². The summed E-state index contributed by atoms with van der Waals surface area (Å²) in [6, 6.07) is 15.0. The molecular formula is C19H22FNO5. The van der Waals surface area contributed by atoms with Gasteiger partial charge in [0.05, 0.1) is 0 Å². The number of hydrogen-bond donors (Lipinski definition) is 3. The molecule has 6 nitrogen and oxygen atoms in total.